The number of nitrogens with one attached hydrogen (secondary N) is 1. The average Bonchev–Trinajstić information content (AvgIpc) is 2.62. The second-order valence-electron chi connectivity index (χ2n) is 5.69. The Labute approximate surface area is 100 Å². The fourth-order valence-corrected chi connectivity index (χ4v) is 3.89. The van der Waals surface area contributed by atoms with Crippen LogP contribution in [0.5, 0.6) is 0 Å². The quantitative estimate of drug-likeness (QED) is 0.788. The van der Waals surface area contributed by atoms with E-state index < -0.39 is 0 Å². The minimum absolute atomic E-state index is 0.121. The molecule has 2 aliphatic carbocycles. The molecule has 0 heterocycles. The minimum atomic E-state index is 0.121. The largest absolute Gasteiger partial charge is 0.355 e. The van der Waals surface area contributed by atoms with Gasteiger partial charge in [0, 0.05) is 6.54 Å². The van der Waals surface area contributed by atoms with E-state index in [-0.39, 0.29) is 5.91 Å². The van der Waals surface area contributed by atoms with Crippen molar-refractivity contribution in [3.8, 4) is 0 Å². The molecule has 86 valence electrons. The molecule has 2 fully saturated rings. The van der Waals surface area contributed by atoms with Crippen LogP contribution in [-0.2, 0) is 4.79 Å². The van der Waals surface area contributed by atoms with Gasteiger partial charge >= 0.3 is 0 Å². The topological polar surface area (TPSA) is 29.1 Å². The van der Waals surface area contributed by atoms with Crippen molar-refractivity contribution in [1.82, 2.24) is 5.32 Å². The van der Waals surface area contributed by atoms with Gasteiger partial charge in [-0.25, -0.2) is 0 Å². The normalized spacial score (nSPS) is 36.9. The van der Waals surface area contributed by atoms with E-state index in [4.69, 9.17) is 0 Å². The summed E-state index contributed by atoms with van der Waals surface area (Å²) in [6, 6.07) is 0. The third-order valence-electron chi connectivity index (χ3n) is 5.08. The zero-order valence-electron chi connectivity index (χ0n) is 9.61. The van der Waals surface area contributed by atoms with Crippen molar-refractivity contribution in [3.05, 3.63) is 0 Å². The van der Waals surface area contributed by atoms with Crippen LogP contribution in [0.4, 0.5) is 0 Å². The van der Waals surface area contributed by atoms with Gasteiger partial charge in [0.2, 0.25) is 5.91 Å². The first kappa shape index (κ1) is 11.4. The summed E-state index contributed by atoms with van der Waals surface area (Å²) in [6.45, 7) is 5.65. The van der Waals surface area contributed by atoms with Gasteiger partial charge in [0.25, 0.3) is 0 Å². The van der Waals surface area contributed by atoms with E-state index in [0.29, 0.717) is 16.2 Å². The number of fused-ring (bicyclic) bond motifs is 2. The minimum Gasteiger partial charge on any atom is -0.355 e. The molecule has 0 aromatic rings. The number of amides is 1. The maximum absolute atomic E-state index is 11.3. The summed E-state index contributed by atoms with van der Waals surface area (Å²) in [6.07, 6.45) is 5.31. The van der Waals surface area contributed by atoms with E-state index in [1.165, 1.54) is 25.7 Å². The molecule has 0 aliphatic heterocycles. The molecule has 2 rings (SSSR count). The van der Waals surface area contributed by atoms with Gasteiger partial charge in [0.1, 0.15) is 0 Å². The SMILES string of the molecule is CC1(C)C2CCC1(CNC(=O)CBr)CC2. The van der Waals surface area contributed by atoms with E-state index in [9.17, 15) is 4.79 Å². The predicted octanol–water partition coefficient (Wildman–Crippen LogP) is 2.71. The molecule has 2 bridgehead atoms. The van der Waals surface area contributed by atoms with Crippen molar-refractivity contribution >= 4 is 21.8 Å². The Bertz CT molecular complexity index is 267. The predicted molar refractivity (Wildman–Crippen MR) is 65.0 cm³/mol. The molecule has 0 atom stereocenters. The van der Waals surface area contributed by atoms with Gasteiger partial charge < -0.3 is 5.32 Å². The Morgan fingerprint density at radius 3 is 2.40 bits per heavy atom. The zero-order chi connectivity index (χ0) is 11.1. The molecule has 3 heteroatoms. The zero-order valence-corrected chi connectivity index (χ0v) is 11.2. The number of hydrogen-bond acceptors (Lipinski definition) is 1. The molecular weight excluding hydrogens is 254 g/mol. The lowest BCUT2D eigenvalue weighted by Crippen LogP contribution is -2.42. The van der Waals surface area contributed by atoms with Crippen LogP contribution in [-0.4, -0.2) is 17.8 Å². The highest BCUT2D eigenvalue weighted by molar-refractivity contribution is 9.09. The smallest absolute Gasteiger partial charge is 0.230 e. The molecule has 2 nitrogen and oxygen atoms in total. The molecule has 0 aromatic carbocycles. The van der Waals surface area contributed by atoms with Crippen LogP contribution in [0.25, 0.3) is 0 Å². The molecule has 0 spiro atoms. The van der Waals surface area contributed by atoms with E-state index in [2.05, 4.69) is 35.1 Å². The molecule has 0 aromatic heterocycles. The van der Waals surface area contributed by atoms with Gasteiger partial charge in [-0.05, 0) is 42.4 Å². The second kappa shape index (κ2) is 3.76. The number of halogens is 1. The van der Waals surface area contributed by atoms with Crippen molar-refractivity contribution in [2.24, 2.45) is 16.7 Å². The maximum Gasteiger partial charge on any atom is 0.230 e. The summed E-state index contributed by atoms with van der Waals surface area (Å²) in [5, 5.41) is 3.49. The fraction of sp³-hybridized carbons (Fsp3) is 0.917. The highest BCUT2D eigenvalue weighted by Crippen LogP contribution is 2.65. The highest BCUT2D eigenvalue weighted by atomic mass is 79.9. The van der Waals surface area contributed by atoms with Gasteiger partial charge in [-0.2, -0.15) is 0 Å². The van der Waals surface area contributed by atoms with Crippen LogP contribution in [0.15, 0.2) is 0 Å². The number of hydrogen-bond donors (Lipinski definition) is 1. The first-order valence-electron chi connectivity index (χ1n) is 5.84. The fourth-order valence-electron chi connectivity index (χ4n) is 3.69. The summed E-state index contributed by atoms with van der Waals surface area (Å²) in [4.78, 5) is 11.3. The summed E-state index contributed by atoms with van der Waals surface area (Å²) in [5.74, 6) is 1.01. The maximum atomic E-state index is 11.3. The molecular formula is C12H20BrNO. The van der Waals surface area contributed by atoms with Crippen LogP contribution in [0.3, 0.4) is 0 Å². The standard InChI is InChI=1S/C12H20BrNO/c1-11(2)9-3-5-12(11,6-4-9)8-14-10(15)7-13/h9H,3-8H2,1-2H3,(H,14,15). The number of alkyl halides is 1. The Morgan fingerprint density at radius 2 is 2.00 bits per heavy atom. The Balaban J connectivity index is 2.04. The molecule has 2 saturated carbocycles. The molecule has 1 N–H and O–H groups in total. The molecule has 2 aliphatic rings. The van der Waals surface area contributed by atoms with E-state index in [1.807, 2.05) is 0 Å². The lowest BCUT2D eigenvalue weighted by atomic mass is 9.69. The van der Waals surface area contributed by atoms with Gasteiger partial charge in [-0.3, -0.25) is 4.79 Å². The Hall–Kier alpha value is -0.0500. The van der Waals surface area contributed by atoms with Crippen LogP contribution < -0.4 is 5.32 Å². The van der Waals surface area contributed by atoms with Gasteiger partial charge in [0.15, 0.2) is 0 Å². The van der Waals surface area contributed by atoms with Gasteiger partial charge in [-0.1, -0.05) is 29.8 Å². The number of carbonyl (C=O) groups is 1. The average molecular weight is 274 g/mol. The van der Waals surface area contributed by atoms with Crippen LogP contribution in [0, 0.1) is 16.7 Å². The van der Waals surface area contributed by atoms with Crippen molar-refractivity contribution in [1.29, 1.82) is 0 Å². The summed E-state index contributed by atoms with van der Waals surface area (Å²) in [5.41, 5.74) is 0.808. The summed E-state index contributed by atoms with van der Waals surface area (Å²) >= 11 is 3.19. The van der Waals surface area contributed by atoms with Crippen molar-refractivity contribution in [2.75, 3.05) is 11.9 Å². The van der Waals surface area contributed by atoms with Crippen molar-refractivity contribution in [3.63, 3.8) is 0 Å². The highest BCUT2D eigenvalue weighted by Gasteiger charge is 2.58. The monoisotopic (exact) mass is 273 g/mol. The molecule has 0 saturated heterocycles. The van der Waals surface area contributed by atoms with Crippen molar-refractivity contribution in [2.45, 2.75) is 39.5 Å². The Morgan fingerprint density at radius 1 is 1.40 bits per heavy atom. The van der Waals surface area contributed by atoms with E-state index in [1.54, 1.807) is 0 Å². The third kappa shape index (κ3) is 1.63. The molecule has 1 amide bonds. The number of rotatable bonds is 3. The van der Waals surface area contributed by atoms with E-state index in [0.717, 1.165) is 12.5 Å². The van der Waals surface area contributed by atoms with Crippen molar-refractivity contribution < 1.29 is 4.79 Å². The van der Waals surface area contributed by atoms with Crippen LogP contribution in [0.1, 0.15) is 39.5 Å². The summed E-state index contributed by atoms with van der Waals surface area (Å²) in [7, 11) is 0. The first-order valence-corrected chi connectivity index (χ1v) is 6.97. The van der Waals surface area contributed by atoms with Gasteiger partial charge in [-0.15, -0.1) is 0 Å². The van der Waals surface area contributed by atoms with Crippen LogP contribution >= 0.6 is 15.9 Å². The first-order chi connectivity index (χ1) is 7.02. The van der Waals surface area contributed by atoms with E-state index >= 15 is 0 Å². The lowest BCUT2D eigenvalue weighted by Gasteiger charge is -2.38. The van der Waals surface area contributed by atoms with Crippen LogP contribution in [0.2, 0.25) is 0 Å². The number of carbonyl (C=O) groups excluding carboxylic acids is 1. The lowest BCUT2D eigenvalue weighted by molar-refractivity contribution is -0.119. The second-order valence-corrected chi connectivity index (χ2v) is 6.25. The van der Waals surface area contributed by atoms with Gasteiger partial charge in [0.05, 0.1) is 5.33 Å². The molecule has 15 heavy (non-hydrogen) atoms. The molecule has 0 unspecified atom stereocenters. The molecule has 0 radical (unpaired) electrons. The third-order valence-corrected chi connectivity index (χ3v) is 5.58. The summed E-state index contributed by atoms with van der Waals surface area (Å²) < 4.78 is 0. The Kier molecular flexibility index (Phi) is 2.87.